The Bertz CT molecular complexity index is 693. The maximum absolute atomic E-state index is 8.80. The Balaban J connectivity index is 1.98. The smallest absolute Gasteiger partial charge is 0.163 e. The Kier molecular flexibility index (Phi) is 9.78. The summed E-state index contributed by atoms with van der Waals surface area (Å²) in [6.45, 7) is 4.70. The first-order valence-corrected chi connectivity index (χ1v) is 10.0. The van der Waals surface area contributed by atoms with Crippen molar-refractivity contribution in [3.63, 3.8) is 0 Å². The maximum atomic E-state index is 8.80. The third-order valence-corrected chi connectivity index (χ3v) is 4.65. The minimum absolute atomic E-state index is 0.251. The van der Waals surface area contributed by atoms with Crippen molar-refractivity contribution >= 4 is 23.2 Å². The molecule has 0 unspecified atom stereocenters. The third kappa shape index (κ3) is 7.59. The molecule has 148 valence electrons. The van der Waals surface area contributed by atoms with Gasteiger partial charge in [0.05, 0.1) is 6.61 Å². The van der Waals surface area contributed by atoms with E-state index in [9.17, 15) is 0 Å². The number of nitrogens with one attached hydrogen (secondary N) is 1. The summed E-state index contributed by atoms with van der Waals surface area (Å²) in [7, 11) is 0. The number of hydrogen-bond donors (Lipinski definition) is 2. The number of aliphatic hydroxyl groups excluding tert-OH is 1. The largest absolute Gasteiger partial charge is 0.490 e. The van der Waals surface area contributed by atoms with E-state index in [1.54, 1.807) is 0 Å². The van der Waals surface area contributed by atoms with Crippen LogP contribution in [0.3, 0.4) is 0 Å². The minimum atomic E-state index is 0.251. The van der Waals surface area contributed by atoms with Gasteiger partial charge in [-0.3, -0.25) is 0 Å². The zero-order valence-corrected chi connectivity index (χ0v) is 17.2. The Morgan fingerprint density at radius 1 is 0.963 bits per heavy atom. The number of hydrogen-bond acceptors (Lipinski definition) is 4. The van der Waals surface area contributed by atoms with Crippen LogP contribution in [0.5, 0.6) is 11.5 Å². The molecule has 2 N–H and O–H groups in total. The Morgan fingerprint density at radius 3 is 2.41 bits per heavy atom. The highest BCUT2D eigenvalue weighted by molar-refractivity contribution is 6.31. The van der Waals surface area contributed by atoms with Crippen molar-refractivity contribution in [2.75, 3.05) is 19.8 Å². The van der Waals surface area contributed by atoms with Gasteiger partial charge in [0.2, 0.25) is 0 Å². The first-order chi connectivity index (χ1) is 13.1. The summed E-state index contributed by atoms with van der Waals surface area (Å²) in [5.74, 6) is 1.32. The van der Waals surface area contributed by atoms with Gasteiger partial charge in [-0.05, 0) is 62.1 Å². The number of rotatable bonds is 12. The first-order valence-electron chi connectivity index (χ1n) is 9.28. The van der Waals surface area contributed by atoms with E-state index >= 15 is 0 Å². The highest BCUT2D eigenvalue weighted by Crippen LogP contribution is 2.34. The molecule has 0 bridgehead atoms. The van der Waals surface area contributed by atoms with Gasteiger partial charge in [0.1, 0.15) is 6.61 Å². The molecular formula is C21H27Cl2NO3. The summed E-state index contributed by atoms with van der Waals surface area (Å²) < 4.78 is 11.7. The predicted octanol–water partition coefficient (Wildman–Crippen LogP) is 5.22. The fraction of sp³-hybridized carbons (Fsp3) is 0.429. The van der Waals surface area contributed by atoms with Gasteiger partial charge in [-0.1, -0.05) is 35.3 Å². The van der Waals surface area contributed by atoms with Crippen LogP contribution in [-0.4, -0.2) is 24.9 Å². The monoisotopic (exact) mass is 411 g/mol. The molecule has 0 aliphatic carbocycles. The molecule has 27 heavy (non-hydrogen) atoms. The van der Waals surface area contributed by atoms with Crippen molar-refractivity contribution < 1.29 is 14.6 Å². The van der Waals surface area contributed by atoms with Gasteiger partial charge in [0.15, 0.2) is 11.5 Å². The summed E-state index contributed by atoms with van der Waals surface area (Å²) in [6, 6.07) is 11.3. The van der Waals surface area contributed by atoms with Crippen LogP contribution < -0.4 is 14.8 Å². The molecule has 2 aromatic carbocycles. The number of unbranched alkanes of at least 4 members (excludes halogenated alkanes) is 2. The second kappa shape index (κ2) is 12.1. The van der Waals surface area contributed by atoms with Gasteiger partial charge in [-0.15, -0.1) is 0 Å². The Morgan fingerprint density at radius 2 is 1.70 bits per heavy atom. The lowest BCUT2D eigenvalue weighted by molar-refractivity contribution is 0.269. The van der Waals surface area contributed by atoms with Crippen LogP contribution in [0.2, 0.25) is 10.0 Å². The molecule has 2 rings (SSSR count). The summed E-state index contributed by atoms with van der Waals surface area (Å²) in [4.78, 5) is 0. The predicted molar refractivity (Wildman–Crippen MR) is 111 cm³/mol. The van der Waals surface area contributed by atoms with Crippen molar-refractivity contribution in [1.29, 1.82) is 0 Å². The first kappa shape index (κ1) is 21.8. The summed E-state index contributed by atoms with van der Waals surface area (Å²) in [5.41, 5.74) is 1.99. The topological polar surface area (TPSA) is 50.7 Å². The molecule has 0 aliphatic heterocycles. The normalized spacial score (nSPS) is 10.8. The van der Waals surface area contributed by atoms with E-state index in [0.717, 1.165) is 36.9 Å². The molecule has 2 aromatic rings. The Labute approximate surface area is 171 Å². The molecule has 0 saturated carbocycles. The lowest BCUT2D eigenvalue weighted by atomic mass is 10.2. The van der Waals surface area contributed by atoms with Crippen LogP contribution in [0, 0.1) is 0 Å². The SMILES string of the molecule is CCOc1cc(CNCCCCCO)c(Cl)cc1OCc1ccc(Cl)cc1. The molecule has 4 nitrogen and oxygen atoms in total. The summed E-state index contributed by atoms with van der Waals surface area (Å²) >= 11 is 12.4. The second-order valence-electron chi connectivity index (χ2n) is 6.20. The van der Waals surface area contributed by atoms with Crippen LogP contribution in [-0.2, 0) is 13.2 Å². The van der Waals surface area contributed by atoms with Gasteiger partial charge >= 0.3 is 0 Å². The van der Waals surface area contributed by atoms with Gasteiger partial charge in [-0.2, -0.15) is 0 Å². The Hall–Kier alpha value is -1.46. The molecule has 0 atom stereocenters. The molecule has 0 spiro atoms. The van der Waals surface area contributed by atoms with Gasteiger partial charge < -0.3 is 19.9 Å². The molecule has 0 fully saturated rings. The lowest BCUT2D eigenvalue weighted by Crippen LogP contribution is -2.15. The third-order valence-electron chi connectivity index (χ3n) is 4.05. The van der Waals surface area contributed by atoms with Crippen LogP contribution in [0.1, 0.15) is 37.3 Å². The highest BCUT2D eigenvalue weighted by atomic mass is 35.5. The zero-order chi connectivity index (χ0) is 19.5. The fourth-order valence-electron chi connectivity index (χ4n) is 2.60. The molecule has 0 aromatic heterocycles. The van der Waals surface area contributed by atoms with Gasteiger partial charge in [0, 0.05) is 29.3 Å². The van der Waals surface area contributed by atoms with E-state index in [-0.39, 0.29) is 6.61 Å². The molecular weight excluding hydrogens is 385 g/mol. The second-order valence-corrected chi connectivity index (χ2v) is 7.04. The van der Waals surface area contributed by atoms with E-state index in [0.29, 0.717) is 41.3 Å². The highest BCUT2D eigenvalue weighted by Gasteiger charge is 2.11. The fourth-order valence-corrected chi connectivity index (χ4v) is 2.94. The maximum Gasteiger partial charge on any atom is 0.163 e. The van der Waals surface area contributed by atoms with Crippen molar-refractivity contribution in [3.8, 4) is 11.5 Å². The van der Waals surface area contributed by atoms with E-state index in [4.69, 9.17) is 37.8 Å². The molecule has 0 saturated heterocycles. The van der Waals surface area contributed by atoms with Gasteiger partial charge in [-0.25, -0.2) is 0 Å². The standard InChI is InChI=1S/C21H27Cl2NO3/c1-2-26-20-12-17(14-24-10-4-3-5-11-25)19(23)13-21(20)27-15-16-6-8-18(22)9-7-16/h6-9,12-13,24-25H,2-5,10-11,14-15H2,1H3. The van der Waals surface area contributed by atoms with Crippen molar-refractivity contribution in [1.82, 2.24) is 5.32 Å². The molecule has 6 heteroatoms. The van der Waals surface area contributed by atoms with Crippen LogP contribution >= 0.6 is 23.2 Å². The minimum Gasteiger partial charge on any atom is -0.490 e. The number of ether oxygens (including phenoxy) is 2. The van der Waals surface area contributed by atoms with Crippen LogP contribution in [0.15, 0.2) is 36.4 Å². The van der Waals surface area contributed by atoms with Crippen molar-refractivity contribution in [2.24, 2.45) is 0 Å². The lowest BCUT2D eigenvalue weighted by Gasteiger charge is -2.15. The van der Waals surface area contributed by atoms with Crippen LogP contribution in [0.25, 0.3) is 0 Å². The van der Waals surface area contributed by atoms with E-state index in [1.807, 2.05) is 43.3 Å². The van der Waals surface area contributed by atoms with E-state index < -0.39 is 0 Å². The van der Waals surface area contributed by atoms with E-state index in [1.165, 1.54) is 0 Å². The number of benzene rings is 2. The van der Waals surface area contributed by atoms with Crippen molar-refractivity contribution in [2.45, 2.75) is 39.3 Å². The van der Waals surface area contributed by atoms with Crippen molar-refractivity contribution in [3.05, 3.63) is 57.6 Å². The molecule has 0 amide bonds. The zero-order valence-electron chi connectivity index (χ0n) is 15.6. The quantitative estimate of drug-likeness (QED) is 0.469. The van der Waals surface area contributed by atoms with Crippen LogP contribution in [0.4, 0.5) is 0 Å². The number of halogens is 2. The molecule has 0 heterocycles. The molecule has 0 radical (unpaired) electrons. The summed E-state index contributed by atoms with van der Waals surface area (Å²) in [6.07, 6.45) is 2.88. The average molecular weight is 412 g/mol. The number of aliphatic hydroxyl groups is 1. The van der Waals surface area contributed by atoms with E-state index in [2.05, 4.69) is 5.32 Å². The van der Waals surface area contributed by atoms with Gasteiger partial charge in [0.25, 0.3) is 0 Å². The average Bonchev–Trinajstić information content (AvgIpc) is 2.67. The summed E-state index contributed by atoms with van der Waals surface area (Å²) in [5, 5.41) is 13.5. The molecule has 0 aliphatic rings.